The molecule has 0 fully saturated rings. The van der Waals surface area contributed by atoms with Crippen molar-refractivity contribution < 1.29 is 9.59 Å². The summed E-state index contributed by atoms with van der Waals surface area (Å²) in [5.74, 6) is -0.272. The van der Waals surface area contributed by atoms with Crippen LogP contribution >= 0.6 is 11.6 Å². The van der Waals surface area contributed by atoms with Gasteiger partial charge in [-0.3, -0.25) is 9.59 Å². The molecule has 3 aromatic rings. The van der Waals surface area contributed by atoms with Crippen LogP contribution in [0.2, 0.25) is 5.02 Å². The molecule has 1 aliphatic heterocycles. The third-order valence-electron chi connectivity index (χ3n) is 4.89. The molecule has 1 aliphatic rings. The molecular weight excluding hydrogens is 380 g/mol. The summed E-state index contributed by atoms with van der Waals surface area (Å²) in [6.07, 6.45) is 3.14. The lowest BCUT2D eigenvalue weighted by atomic mass is 10.1. The third-order valence-corrected chi connectivity index (χ3v) is 5.08. The first-order valence-corrected chi connectivity index (χ1v) is 9.55. The van der Waals surface area contributed by atoms with E-state index in [1.54, 1.807) is 17.2 Å². The summed E-state index contributed by atoms with van der Waals surface area (Å²) in [4.78, 5) is 31.4. The quantitative estimate of drug-likeness (QED) is 0.732. The summed E-state index contributed by atoms with van der Waals surface area (Å²) in [5.41, 5.74) is 2.43. The fourth-order valence-electron chi connectivity index (χ4n) is 3.58. The van der Waals surface area contributed by atoms with Crippen molar-refractivity contribution in [3.05, 3.63) is 52.7 Å². The molecule has 28 heavy (non-hydrogen) atoms. The second-order valence-corrected chi connectivity index (χ2v) is 7.64. The van der Waals surface area contributed by atoms with Crippen LogP contribution in [-0.4, -0.2) is 48.5 Å². The number of nitrogens with one attached hydrogen (secondary N) is 1. The molecule has 3 aromatic heterocycles. The molecule has 0 aliphatic carbocycles. The lowest BCUT2D eigenvalue weighted by molar-refractivity contribution is 0.0635. The van der Waals surface area contributed by atoms with E-state index < -0.39 is 0 Å². The molecular formula is C19H21ClN6O2. The third kappa shape index (κ3) is 3.13. The molecule has 0 radical (unpaired) electrons. The molecule has 2 amide bonds. The van der Waals surface area contributed by atoms with Gasteiger partial charge in [-0.2, -0.15) is 5.10 Å². The minimum atomic E-state index is -0.178. The van der Waals surface area contributed by atoms with Crippen LogP contribution in [0, 0.1) is 0 Å². The van der Waals surface area contributed by atoms with Crippen LogP contribution in [0.1, 0.15) is 53.5 Å². The number of halogens is 1. The van der Waals surface area contributed by atoms with E-state index in [0.717, 1.165) is 5.69 Å². The van der Waals surface area contributed by atoms with Gasteiger partial charge in [0.25, 0.3) is 11.8 Å². The van der Waals surface area contributed by atoms with E-state index in [1.165, 1.54) is 10.7 Å². The van der Waals surface area contributed by atoms with Crippen molar-refractivity contribution in [1.29, 1.82) is 0 Å². The maximum atomic E-state index is 13.1. The predicted octanol–water partition coefficient (Wildman–Crippen LogP) is 2.54. The number of amides is 2. The van der Waals surface area contributed by atoms with Crippen molar-refractivity contribution >= 4 is 29.1 Å². The lowest BCUT2D eigenvalue weighted by Crippen LogP contribution is -2.42. The van der Waals surface area contributed by atoms with Crippen molar-refractivity contribution in [2.45, 2.75) is 39.4 Å². The second-order valence-electron chi connectivity index (χ2n) is 7.20. The van der Waals surface area contributed by atoms with Crippen LogP contribution in [0.5, 0.6) is 0 Å². The Morgan fingerprint density at radius 2 is 2.07 bits per heavy atom. The van der Waals surface area contributed by atoms with E-state index in [4.69, 9.17) is 11.6 Å². The Morgan fingerprint density at radius 1 is 1.29 bits per heavy atom. The van der Waals surface area contributed by atoms with Crippen LogP contribution in [0.25, 0.3) is 5.65 Å². The van der Waals surface area contributed by atoms with Gasteiger partial charge in [-0.25, -0.2) is 9.50 Å². The highest BCUT2D eigenvalue weighted by atomic mass is 35.5. The first-order chi connectivity index (χ1) is 13.3. The summed E-state index contributed by atoms with van der Waals surface area (Å²) < 4.78 is 3.48. The van der Waals surface area contributed by atoms with Crippen LogP contribution < -0.4 is 5.32 Å². The average Bonchev–Trinajstić information content (AvgIpc) is 3.25. The first-order valence-electron chi connectivity index (χ1n) is 9.17. The molecule has 9 heteroatoms. The van der Waals surface area contributed by atoms with E-state index in [1.807, 2.05) is 37.5 Å². The van der Waals surface area contributed by atoms with Crippen molar-refractivity contribution in [2.75, 3.05) is 6.54 Å². The van der Waals surface area contributed by atoms with Gasteiger partial charge >= 0.3 is 0 Å². The predicted molar refractivity (Wildman–Crippen MR) is 104 cm³/mol. The van der Waals surface area contributed by atoms with E-state index in [-0.39, 0.29) is 23.9 Å². The Kier molecular flexibility index (Phi) is 4.58. The van der Waals surface area contributed by atoms with Gasteiger partial charge < -0.3 is 14.8 Å². The SMILES string of the molecule is CC(C)NC(=O)c1ccc2n1CCN(C(=O)c1cc3ncc(Cl)cn3n1)C2C. The highest BCUT2D eigenvalue weighted by Crippen LogP contribution is 2.29. The van der Waals surface area contributed by atoms with E-state index >= 15 is 0 Å². The van der Waals surface area contributed by atoms with Crippen molar-refractivity contribution in [1.82, 2.24) is 29.4 Å². The fourth-order valence-corrected chi connectivity index (χ4v) is 3.72. The van der Waals surface area contributed by atoms with Gasteiger partial charge in [-0.15, -0.1) is 0 Å². The Morgan fingerprint density at radius 3 is 2.82 bits per heavy atom. The Hall–Kier alpha value is -2.87. The molecule has 8 nitrogen and oxygen atoms in total. The molecule has 4 rings (SSSR count). The second kappa shape index (κ2) is 6.94. The molecule has 0 bridgehead atoms. The van der Waals surface area contributed by atoms with Crippen molar-refractivity contribution in [3.63, 3.8) is 0 Å². The standard InChI is InChI=1S/C19H21ClN6O2/c1-11(2)22-18(27)16-5-4-15-12(3)24(6-7-25(15)16)19(28)14-8-17-21-9-13(20)10-26(17)23-14/h4-5,8-12H,6-7H2,1-3H3,(H,22,27). The topological polar surface area (TPSA) is 84.5 Å². The first kappa shape index (κ1) is 18.5. The Bertz CT molecular complexity index is 1070. The number of aromatic nitrogens is 4. The van der Waals surface area contributed by atoms with E-state index in [0.29, 0.717) is 35.1 Å². The van der Waals surface area contributed by atoms with Crippen LogP contribution in [0.4, 0.5) is 0 Å². The summed E-state index contributed by atoms with van der Waals surface area (Å²) in [5, 5.41) is 7.68. The van der Waals surface area contributed by atoms with Crippen molar-refractivity contribution in [2.24, 2.45) is 0 Å². The largest absolute Gasteiger partial charge is 0.349 e. The Balaban J connectivity index is 1.60. The maximum Gasteiger partial charge on any atom is 0.275 e. The minimum absolute atomic E-state index is 0.0647. The number of fused-ring (bicyclic) bond motifs is 2. The molecule has 1 atom stereocenters. The average molecular weight is 401 g/mol. The molecule has 1 unspecified atom stereocenters. The van der Waals surface area contributed by atoms with E-state index in [2.05, 4.69) is 15.4 Å². The molecule has 0 saturated carbocycles. The number of hydrogen-bond donors (Lipinski definition) is 1. The molecule has 4 heterocycles. The molecule has 0 aromatic carbocycles. The van der Waals surface area contributed by atoms with Crippen LogP contribution in [0.3, 0.4) is 0 Å². The normalized spacial score (nSPS) is 16.5. The zero-order chi connectivity index (χ0) is 20.0. The van der Waals surface area contributed by atoms with Gasteiger partial charge in [-0.05, 0) is 32.9 Å². The monoisotopic (exact) mass is 400 g/mol. The zero-order valence-corrected chi connectivity index (χ0v) is 16.6. The van der Waals surface area contributed by atoms with E-state index in [9.17, 15) is 9.59 Å². The van der Waals surface area contributed by atoms with Gasteiger partial charge in [0.05, 0.1) is 17.3 Å². The molecule has 1 N–H and O–H groups in total. The zero-order valence-electron chi connectivity index (χ0n) is 15.9. The van der Waals surface area contributed by atoms with Gasteiger partial charge in [-0.1, -0.05) is 11.6 Å². The lowest BCUT2D eigenvalue weighted by Gasteiger charge is -2.35. The maximum absolute atomic E-state index is 13.1. The number of hydrogen-bond acceptors (Lipinski definition) is 4. The van der Waals surface area contributed by atoms with Gasteiger partial charge in [0, 0.05) is 37.1 Å². The number of nitrogens with zero attached hydrogens (tertiary/aromatic N) is 5. The number of rotatable bonds is 3. The Labute approximate surface area is 167 Å². The fraction of sp³-hybridized carbons (Fsp3) is 0.368. The molecule has 146 valence electrons. The number of carbonyl (C=O) groups excluding carboxylic acids is 2. The van der Waals surface area contributed by atoms with Crippen molar-refractivity contribution in [3.8, 4) is 0 Å². The minimum Gasteiger partial charge on any atom is -0.349 e. The number of carbonyl (C=O) groups is 2. The summed E-state index contributed by atoms with van der Waals surface area (Å²) in [6.45, 7) is 6.86. The summed E-state index contributed by atoms with van der Waals surface area (Å²) in [7, 11) is 0. The van der Waals surface area contributed by atoms with Crippen LogP contribution in [0.15, 0.2) is 30.6 Å². The molecule has 0 spiro atoms. The highest BCUT2D eigenvalue weighted by Gasteiger charge is 2.32. The van der Waals surface area contributed by atoms with Crippen LogP contribution in [-0.2, 0) is 6.54 Å². The smallest absolute Gasteiger partial charge is 0.275 e. The molecule has 0 saturated heterocycles. The summed E-state index contributed by atoms with van der Waals surface area (Å²) in [6, 6.07) is 5.26. The van der Waals surface area contributed by atoms with Gasteiger partial charge in [0.1, 0.15) is 5.69 Å². The summed E-state index contributed by atoms with van der Waals surface area (Å²) >= 11 is 5.94. The van der Waals surface area contributed by atoms with Gasteiger partial charge in [0.2, 0.25) is 0 Å². The van der Waals surface area contributed by atoms with Gasteiger partial charge in [0.15, 0.2) is 11.3 Å². The highest BCUT2D eigenvalue weighted by molar-refractivity contribution is 6.30.